The number of aryl methyl sites for hydroxylation is 1. The van der Waals surface area contributed by atoms with Crippen LogP contribution in [0.4, 0.5) is 0 Å². The summed E-state index contributed by atoms with van der Waals surface area (Å²) in [5.74, 6) is 1.09. The van der Waals surface area contributed by atoms with E-state index in [0.29, 0.717) is 5.56 Å². The molecule has 0 fully saturated rings. The van der Waals surface area contributed by atoms with E-state index in [0.717, 1.165) is 6.42 Å². The van der Waals surface area contributed by atoms with Gasteiger partial charge in [0.15, 0.2) is 5.78 Å². The molecule has 0 saturated carbocycles. The van der Waals surface area contributed by atoms with E-state index in [1.54, 1.807) is 0 Å². The van der Waals surface area contributed by atoms with Gasteiger partial charge in [-0.15, -0.1) is 11.8 Å². The molecule has 0 radical (unpaired) electrons. The molecule has 0 aromatic heterocycles. The van der Waals surface area contributed by atoms with Gasteiger partial charge in [-0.2, -0.15) is 5.26 Å². The first-order chi connectivity index (χ1) is 7.31. The fraction of sp³-hybridized carbons (Fsp3) is 0.333. The van der Waals surface area contributed by atoms with Crippen LogP contribution in [-0.2, 0) is 6.42 Å². The zero-order chi connectivity index (χ0) is 10.7. The topological polar surface area (TPSA) is 40.9 Å². The van der Waals surface area contributed by atoms with E-state index in [1.165, 1.54) is 22.6 Å². The maximum absolute atomic E-state index is 11.5. The Morgan fingerprint density at radius 3 is 3.20 bits per heavy atom. The molecule has 1 heterocycles. The number of carbonyl (C=O) groups is 1. The van der Waals surface area contributed by atoms with E-state index < -0.39 is 0 Å². The third-order valence-electron chi connectivity index (χ3n) is 2.47. The molecule has 0 atom stereocenters. The molecule has 3 heteroatoms. The Morgan fingerprint density at radius 1 is 1.53 bits per heavy atom. The van der Waals surface area contributed by atoms with Gasteiger partial charge in [-0.3, -0.25) is 4.79 Å². The molecular formula is C12H11NOS. The highest BCUT2D eigenvalue weighted by Crippen LogP contribution is 2.30. The standard InChI is InChI=1S/C12H11NOS/c13-6-5-11(14)9-3-4-12-10(8-9)2-1-7-15-12/h3-4,8H,1-2,5,7H2. The van der Waals surface area contributed by atoms with Gasteiger partial charge in [0.25, 0.3) is 0 Å². The highest BCUT2D eigenvalue weighted by atomic mass is 32.2. The minimum atomic E-state index is -0.0733. The van der Waals surface area contributed by atoms with Crippen molar-refractivity contribution in [2.75, 3.05) is 5.75 Å². The van der Waals surface area contributed by atoms with E-state index in [1.807, 2.05) is 36.0 Å². The zero-order valence-electron chi connectivity index (χ0n) is 8.32. The number of hydrogen-bond acceptors (Lipinski definition) is 3. The van der Waals surface area contributed by atoms with Gasteiger partial charge < -0.3 is 0 Å². The molecule has 1 aliphatic rings. The third kappa shape index (κ3) is 2.21. The number of benzene rings is 1. The second-order valence-electron chi connectivity index (χ2n) is 3.53. The van der Waals surface area contributed by atoms with Crippen LogP contribution in [0.1, 0.15) is 28.8 Å². The molecule has 2 rings (SSSR count). The van der Waals surface area contributed by atoms with Crippen LogP contribution < -0.4 is 0 Å². The van der Waals surface area contributed by atoms with Crippen molar-refractivity contribution in [1.82, 2.24) is 0 Å². The van der Waals surface area contributed by atoms with Crippen LogP contribution in [-0.4, -0.2) is 11.5 Å². The molecular weight excluding hydrogens is 206 g/mol. The Balaban J connectivity index is 2.28. The molecule has 1 aliphatic heterocycles. The molecule has 2 nitrogen and oxygen atoms in total. The maximum Gasteiger partial charge on any atom is 0.176 e. The first-order valence-corrected chi connectivity index (χ1v) is 5.95. The quantitative estimate of drug-likeness (QED) is 0.715. The number of hydrogen-bond donors (Lipinski definition) is 0. The number of rotatable bonds is 2. The lowest BCUT2D eigenvalue weighted by Gasteiger charge is -2.15. The predicted molar refractivity (Wildman–Crippen MR) is 60.0 cm³/mol. The summed E-state index contributed by atoms with van der Waals surface area (Å²) in [5, 5.41) is 8.46. The normalized spacial score (nSPS) is 14.1. The Labute approximate surface area is 93.3 Å². The summed E-state index contributed by atoms with van der Waals surface area (Å²) in [5.41, 5.74) is 1.94. The SMILES string of the molecule is N#CCC(=O)c1ccc2c(c1)CCCS2. The van der Waals surface area contributed by atoms with Crippen molar-refractivity contribution >= 4 is 17.5 Å². The Morgan fingerprint density at radius 2 is 2.40 bits per heavy atom. The molecule has 0 bridgehead atoms. The summed E-state index contributed by atoms with van der Waals surface area (Å²) in [6, 6.07) is 7.67. The minimum Gasteiger partial charge on any atom is -0.293 e. The monoisotopic (exact) mass is 217 g/mol. The predicted octanol–water partition coefficient (Wildman–Crippen LogP) is 2.82. The maximum atomic E-state index is 11.5. The molecule has 1 aromatic carbocycles. The van der Waals surface area contributed by atoms with Gasteiger partial charge >= 0.3 is 0 Å². The molecule has 15 heavy (non-hydrogen) atoms. The number of thioether (sulfide) groups is 1. The molecule has 1 aromatic rings. The first-order valence-electron chi connectivity index (χ1n) is 4.97. The van der Waals surface area contributed by atoms with Gasteiger partial charge in [0.1, 0.15) is 0 Å². The number of carbonyl (C=O) groups excluding carboxylic acids is 1. The molecule has 0 unspecified atom stereocenters. The Kier molecular flexibility index (Phi) is 3.08. The Hall–Kier alpha value is -1.27. The van der Waals surface area contributed by atoms with Gasteiger partial charge in [-0.05, 0) is 36.3 Å². The summed E-state index contributed by atoms with van der Waals surface area (Å²) >= 11 is 1.85. The summed E-state index contributed by atoms with van der Waals surface area (Å²) < 4.78 is 0. The molecule has 76 valence electrons. The molecule has 0 saturated heterocycles. The largest absolute Gasteiger partial charge is 0.293 e. The van der Waals surface area contributed by atoms with E-state index in [4.69, 9.17) is 5.26 Å². The van der Waals surface area contributed by atoms with Crippen molar-refractivity contribution in [3.63, 3.8) is 0 Å². The summed E-state index contributed by atoms with van der Waals surface area (Å²) in [7, 11) is 0. The van der Waals surface area contributed by atoms with E-state index in [9.17, 15) is 4.79 Å². The van der Waals surface area contributed by atoms with Crippen LogP contribution in [0.5, 0.6) is 0 Å². The molecule has 0 amide bonds. The fourth-order valence-electron chi connectivity index (χ4n) is 1.71. The van der Waals surface area contributed by atoms with Crippen molar-refractivity contribution in [3.8, 4) is 6.07 Å². The van der Waals surface area contributed by atoms with Crippen LogP contribution >= 0.6 is 11.8 Å². The third-order valence-corrected chi connectivity index (χ3v) is 3.67. The highest BCUT2D eigenvalue weighted by molar-refractivity contribution is 7.99. The Bertz CT molecular complexity index is 434. The van der Waals surface area contributed by atoms with Gasteiger partial charge in [0.2, 0.25) is 0 Å². The van der Waals surface area contributed by atoms with Crippen molar-refractivity contribution in [2.24, 2.45) is 0 Å². The highest BCUT2D eigenvalue weighted by Gasteiger charge is 2.12. The summed E-state index contributed by atoms with van der Waals surface area (Å²) in [6.45, 7) is 0. The second-order valence-corrected chi connectivity index (χ2v) is 4.67. The number of nitriles is 1. The molecule has 0 aliphatic carbocycles. The average Bonchev–Trinajstić information content (AvgIpc) is 2.29. The van der Waals surface area contributed by atoms with Crippen molar-refractivity contribution in [1.29, 1.82) is 5.26 Å². The first kappa shape index (κ1) is 10.3. The van der Waals surface area contributed by atoms with Gasteiger partial charge in [0.05, 0.1) is 12.5 Å². The zero-order valence-corrected chi connectivity index (χ0v) is 9.14. The summed E-state index contributed by atoms with van der Waals surface area (Å²) in [6.07, 6.45) is 2.20. The lowest BCUT2D eigenvalue weighted by molar-refractivity contribution is 0.0997. The lowest BCUT2D eigenvalue weighted by Crippen LogP contribution is -2.03. The number of nitrogens with zero attached hydrogens (tertiary/aromatic N) is 1. The minimum absolute atomic E-state index is 0.0219. The van der Waals surface area contributed by atoms with Gasteiger partial charge in [0, 0.05) is 10.5 Å². The smallest absolute Gasteiger partial charge is 0.176 e. The average molecular weight is 217 g/mol. The van der Waals surface area contributed by atoms with Crippen LogP contribution in [0.3, 0.4) is 0 Å². The molecule has 0 N–H and O–H groups in total. The fourth-order valence-corrected chi connectivity index (χ4v) is 2.73. The van der Waals surface area contributed by atoms with Crippen molar-refractivity contribution in [3.05, 3.63) is 29.3 Å². The lowest BCUT2D eigenvalue weighted by atomic mass is 10.0. The van der Waals surface area contributed by atoms with Gasteiger partial charge in [-0.1, -0.05) is 6.07 Å². The van der Waals surface area contributed by atoms with Crippen molar-refractivity contribution < 1.29 is 4.79 Å². The van der Waals surface area contributed by atoms with Crippen LogP contribution in [0, 0.1) is 11.3 Å². The van der Waals surface area contributed by atoms with Crippen LogP contribution in [0.15, 0.2) is 23.1 Å². The van der Waals surface area contributed by atoms with Crippen LogP contribution in [0.25, 0.3) is 0 Å². The second kappa shape index (κ2) is 4.50. The van der Waals surface area contributed by atoms with E-state index in [2.05, 4.69) is 0 Å². The number of ketones is 1. The van der Waals surface area contributed by atoms with Crippen LogP contribution in [0.2, 0.25) is 0 Å². The number of Topliss-reactive ketones (excluding diaryl/α,β-unsaturated/α-hetero) is 1. The van der Waals surface area contributed by atoms with Gasteiger partial charge in [-0.25, -0.2) is 0 Å². The van der Waals surface area contributed by atoms with E-state index in [-0.39, 0.29) is 12.2 Å². The van der Waals surface area contributed by atoms with Crippen molar-refractivity contribution in [2.45, 2.75) is 24.2 Å². The van der Waals surface area contributed by atoms with E-state index >= 15 is 0 Å². The number of fused-ring (bicyclic) bond motifs is 1. The molecule has 0 spiro atoms. The summed E-state index contributed by atoms with van der Waals surface area (Å²) in [4.78, 5) is 12.8.